The molecule has 0 radical (unpaired) electrons. The molecule has 220 valence electrons. The lowest BCUT2D eigenvalue weighted by atomic mass is 10.0. The number of hydrogen-bond acceptors (Lipinski definition) is 4. The minimum atomic E-state index is 0.851. The molecule has 2 aromatic heterocycles. The zero-order valence-electron chi connectivity index (χ0n) is 25.5. The van der Waals surface area contributed by atoms with Crippen LogP contribution in [0.25, 0.3) is 54.6 Å². The second kappa shape index (κ2) is 10.3. The van der Waals surface area contributed by atoms with Crippen molar-refractivity contribution in [3.63, 3.8) is 0 Å². The Hall–Kier alpha value is -6.00. The van der Waals surface area contributed by atoms with Gasteiger partial charge in [0, 0.05) is 50.1 Å². The average molecular weight is 595 g/mol. The van der Waals surface area contributed by atoms with Gasteiger partial charge < -0.3 is 19.1 Å². The summed E-state index contributed by atoms with van der Waals surface area (Å²) in [4.78, 5) is 2.31. The van der Waals surface area contributed by atoms with Crippen LogP contribution in [0, 0.1) is 13.8 Å². The van der Waals surface area contributed by atoms with Gasteiger partial charge in [-0.2, -0.15) is 0 Å². The SMILES string of the molecule is Cc1ccccc1Nc1cc2oc3ccc(N(c4ccccc4C)c4cccc5c4oc4ccccc45)cc3c2c2ccccc12. The average Bonchev–Trinajstić information content (AvgIpc) is 3.65. The highest BCUT2D eigenvalue weighted by atomic mass is 16.3. The monoisotopic (exact) mass is 594 g/mol. The second-order valence-corrected chi connectivity index (χ2v) is 11.9. The summed E-state index contributed by atoms with van der Waals surface area (Å²) in [5, 5.41) is 10.4. The summed E-state index contributed by atoms with van der Waals surface area (Å²) in [6.07, 6.45) is 0. The summed E-state index contributed by atoms with van der Waals surface area (Å²) in [7, 11) is 0. The molecule has 0 aliphatic rings. The van der Waals surface area contributed by atoms with Gasteiger partial charge >= 0.3 is 0 Å². The zero-order chi connectivity index (χ0) is 30.8. The third-order valence-corrected chi connectivity index (χ3v) is 9.11. The molecule has 0 saturated carbocycles. The van der Waals surface area contributed by atoms with Gasteiger partial charge in [0.15, 0.2) is 5.58 Å². The Balaban J connectivity index is 1.29. The summed E-state index contributed by atoms with van der Waals surface area (Å²) in [5.41, 5.74) is 11.0. The van der Waals surface area contributed by atoms with Crippen molar-refractivity contribution in [2.45, 2.75) is 13.8 Å². The second-order valence-electron chi connectivity index (χ2n) is 11.9. The Labute approximate surface area is 266 Å². The molecule has 2 heterocycles. The van der Waals surface area contributed by atoms with E-state index in [4.69, 9.17) is 8.83 Å². The lowest BCUT2D eigenvalue weighted by Gasteiger charge is -2.27. The molecular formula is C42H30N2O2. The Morgan fingerprint density at radius 2 is 1.13 bits per heavy atom. The summed E-state index contributed by atoms with van der Waals surface area (Å²) in [6, 6.07) is 48.7. The molecule has 0 atom stereocenters. The van der Waals surface area contributed by atoms with Gasteiger partial charge in [-0.05, 0) is 72.8 Å². The molecule has 46 heavy (non-hydrogen) atoms. The molecular weight excluding hydrogens is 564 g/mol. The summed E-state index contributed by atoms with van der Waals surface area (Å²) in [5.74, 6) is 0. The van der Waals surface area contributed by atoms with Crippen molar-refractivity contribution in [3.05, 3.63) is 151 Å². The summed E-state index contributed by atoms with van der Waals surface area (Å²) < 4.78 is 13.1. The van der Waals surface area contributed by atoms with Crippen LogP contribution in [-0.2, 0) is 0 Å². The quantitative estimate of drug-likeness (QED) is 0.215. The molecule has 0 unspecified atom stereocenters. The van der Waals surface area contributed by atoms with Crippen LogP contribution in [0.3, 0.4) is 0 Å². The first-order valence-electron chi connectivity index (χ1n) is 15.6. The van der Waals surface area contributed by atoms with E-state index in [0.29, 0.717) is 0 Å². The number of para-hydroxylation sites is 4. The lowest BCUT2D eigenvalue weighted by Crippen LogP contribution is -2.11. The number of furan rings is 2. The normalized spacial score (nSPS) is 11.7. The molecule has 0 spiro atoms. The Morgan fingerprint density at radius 1 is 0.457 bits per heavy atom. The van der Waals surface area contributed by atoms with Crippen molar-refractivity contribution >= 4 is 83.1 Å². The topological polar surface area (TPSA) is 41.6 Å². The van der Waals surface area contributed by atoms with E-state index in [1.807, 2.05) is 12.1 Å². The van der Waals surface area contributed by atoms with E-state index in [1.165, 1.54) is 11.1 Å². The van der Waals surface area contributed by atoms with Crippen LogP contribution in [0.4, 0.5) is 28.4 Å². The fraction of sp³-hybridized carbons (Fsp3) is 0.0476. The van der Waals surface area contributed by atoms with Crippen molar-refractivity contribution in [1.29, 1.82) is 0 Å². The molecule has 4 heteroatoms. The number of anilines is 5. The van der Waals surface area contributed by atoms with Crippen LogP contribution in [0.5, 0.6) is 0 Å². The number of hydrogen-bond donors (Lipinski definition) is 1. The van der Waals surface area contributed by atoms with Gasteiger partial charge in [-0.25, -0.2) is 0 Å². The number of nitrogens with one attached hydrogen (secondary N) is 1. The van der Waals surface area contributed by atoms with Gasteiger partial charge in [0.05, 0.1) is 11.4 Å². The van der Waals surface area contributed by atoms with Gasteiger partial charge in [0.25, 0.3) is 0 Å². The van der Waals surface area contributed by atoms with Crippen LogP contribution in [-0.4, -0.2) is 0 Å². The van der Waals surface area contributed by atoms with E-state index in [-0.39, 0.29) is 0 Å². The van der Waals surface area contributed by atoms with Crippen molar-refractivity contribution < 1.29 is 8.83 Å². The molecule has 0 aliphatic carbocycles. The molecule has 7 aromatic carbocycles. The highest BCUT2D eigenvalue weighted by molar-refractivity contribution is 6.22. The van der Waals surface area contributed by atoms with Crippen LogP contribution in [0.15, 0.2) is 148 Å². The van der Waals surface area contributed by atoms with Crippen LogP contribution < -0.4 is 10.2 Å². The van der Waals surface area contributed by atoms with Crippen LogP contribution >= 0.6 is 0 Å². The molecule has 0 amide bonds. The van der Waals surface area contributed by atoms with E-state index >= 15 is 0 Å². The molecule has 0 aliphatic heterocycles. The Bertz CT molecular complexity index is 2610. The molecule has 9 aromatic rings. The highest BCUT2D eigenvalue weighted by Gasteiger charge is 2.22. The molecule has 0 saturated heterocycles. The maximum Gasteiger partial charge on any atom is 0.159 e. The molecule has 4 nitrogen and oxygen atoms in total. The van der Waals surface area contributed by atoms with E-state index in [9.17, 15) is 0 Å². The first-order chi connectivity index (χ1) is 22.6. The molecule has 0 fully saturated rings. The van der Waals surface area contributed by atoms with Crippen molar-refractivity contribution in [2.24, 2.45) is 0 Å². The largest absolute Gasteiger partial charge is 0.456 e. The van der Waals surface area contributed by atoms with Crippen molar-refractivity contribution in [1.82, 2.24) is 0 Å². The number of benzene rings is 7. The predicted molar refractivity (Wildman–Crippen MR) is 192 cm³/mol. The van der Waals surface area contributed by atoms with E-state index < -0.39 is 0 Å². The lowest BCUT2D eigenvalue weighted by molar-refractivity contribution is 0.669. The van der Waals surface area contributed by atoms with E-state index in [2.05, 4.69) is 151 Å². The van der Waals surface area contributed by atoms with Gasteiger partial charge in [0.2, 0.25) is 0 Å². The first kappa shape index (κ1) is 26.4. The van der Waals surface area contributed by atoms with E-state index in [0.717, 1.165) is 83.1 Å². The zero-order valence-corrected chi connectivity index (χ0v) is 25.5. The predicted octanol–water partition coefficient (Wildman–Crippen LogP) is 12.5. The number of rotatable bonds is 5. The number of nitrogens with zero attached hydrogens (tertiary/aromatic N) is 1. The van der Waals surface area contributed by atoms with Gasteiger partial charge in [-0.3, -0.25) is 0 Å². The standard InChI is InChI=1S/C42H30N2O2/c1-26-12-3-8-18-34(26)43-35-25-40-41(31-16-6-5-14-29(31)35)33-24-28(22-23-39(33)45-40)44(36-19-9-4-13-27(36)2)37-20-11-17-32-30-15-7-10-21-38(30)46-42(32)37/h3-25,43H,1-2H3. The fourth-order valence-corrected chi connectivity index (χ4v) is 6.86. The third kappa shape index (κ3) is 4.07. The molecule has 0 bridgehead atoms. The van der Waals surface area contributed by atoms with Crippen LogP contribution in [0.2, 0.25) is 0 Å². The van der Waals surface area contributed by atoms with Gasteiger partial charge in [-0.15, -0.1) is 0 Å². The molecule has 1 N–H and O–H groups in total. The van der Waals surface area contributed by atoms with Crippen molar-refractivity contribution in [3.8, 4) is 0 Å². The Kier molecular flexibility index (Phi) is 5.90. The Morgan fingerprint density at radius 3 is 1.98 bits per heavy atom. The maximum atomic E-state index is 6.57. The minimum absolute atomic E-state index is 0.851. The van der Waals surface area contributed by atoms with Gasteiger partial charge in [-0.1, -0.05) is 91.0 Å². The molecule has 9 rings (SSSR count). The minimum Gasteiger partial charge on any atom is -0.456 e. The number of fused-ring (bicyclic) bond motifs is 8. The third-order valence-electron chi connectivity index (χ3n) is 9.11. The van der Waals surface area contributed by atoms with Crippen molar-refractivity contribution in [2.75, 3.05) is 10.2 Å². The smallest absolute Gasteiger partial charge is 0.159 e. The maximum absolute atomic E-state index is 6.57. The fourth-order valence-electron chi connectivity index (χ4n) is 6.86. The number of aryl methyl sites for hydroxylation is 2. The summed E-state index contributed by atoms with van der Waals surface area (Å²) in [6.45, 7) is 4.28. The first-order valence-corrected chi connectivity index (χ1v) is 15.6. The summed E-state index contributed by atoms with van der Waals surface area (Å²) >= 11 is 0. The van der Waals surface area contributed by atoms with Crippen LogP contribution in [0.1, 0.15) is 11.1 Å². The van der Waals surface area contributed by atoms with Gasteiger partial charge in [0.1, 0.15) is 16.7 Å². The highest BCUT2D eigenvalue weighted by Crippen LogP contribution is 2.46. The van der Waals surface area contributed by atoms with E-state index in [1.54, 1.807) is 0 Å².